The van der Waals surface area contributed by atoms with E-state index >= 15 is 0 Å². The summed E-state index contributed by atoms with van der Waals surface area (Å²) in [7, 11) is 0. The molecule has 2 aromatic heterocycles. The molecule has 5 heteroatoms. The van der Waals surface area contributed by atoms with Gasteiger partial charge in [0.15, 0.2) is 5.78 Å². The molecule has 0 spiro atoms. The molecule has 1 fully saturated rings. The monoisotopic (exact) mass is 757 g/mol. The van der Waals surface area contributed by atoms with Crippen LogP contribution in [-0.4, -0.2) is 15.9 Å². The van der Waals surface area contributed by atoms with Crippen LogP contribution >= 0.6 is 0 Å². The molecular weight excluding hydrogens is 711 g/mol. The van der Waals surface area contributed by atoms with Gasteiger partial charge in [0.25, 0.3) is 0 Å². The summed E-state index contributed by atoms with van der Waals surface area (Å²) in [5, 5.41) is 12.8. The minimum Gasteiger partial charge on any atom is -0.512 e. The van der Waals surface area contributed by atoms with Crippen molar-refractivity contribution in [2.24, 2.45) is 11.8 Å². The molecule has 0 unspecified atom stereocenters. The van der Waals surface area contributed by atoms with Crippen LogP contribution in [0.2, 0.25) is 0 Å². The zero-order valence-electron chi connectivity index (χ0n) is 29.3. The van der Waals surface area contributed by atoms with Gasteiger partial charge in [-0.1, -0.05) is 94.7 Å². The Hall–Kier alpha value is -3.27. The number of fused-ring (bicyclic) bond motifs is 4. The van der Waals surface area contributed by atoms with Crippen molar-refractivity contribution in [1.29, 1.82) is 0 Å². The minimum absolute atomic E-state index is 0. The van der Waals surface area contributed by atoms with Gasteiger partial charge >= 0.3 is 0 Å². The molecule has 6 rings (SSSR count). The van der Waals surface area contributed by atoms with Crippen LogP contribution in [0.3, 0.4) is 0 Å². The van der Waals surface area contributed by atoms with Crippen LogP contribution in [0.4, 0.5) is 0 Å². The second-order valence-corrected chi connectivity index (χ2v) is 12.1. The number of rotatable bonds is 7. The molecule has 43 heavy (non-hydrogen) atoms. The largest absolute Gasteiger partial charge is 0.512 e. The van der Waals surface area contributed by atoms with Gasteiger partial charge in [0.2, 0.25) is 0 Å². The van der Waals surface area contributed by atoms with E-state index in [1.54, 1.807) is 12.3 Å². The van der Waals surface area contributed by atoms with Crippen molar-refractivity contribution in [2.75, 3.05) is 0 Å². The fourth-order valence-electron chi connectivity index (χ4n) is 5.74. The Balaban J connectivity index is 0.000000307. The Kier molecular flexibility index (Phi) is 9.18. The number of furan rings is 1. The number of carbonyl (C=O) groups excluding carboxylic acids is 1. The quantitative estimate of drug-likeness (QED) is 0.102. The fraction of sp³-hybridized carbons (Fsp3) is 0.368. The summed E-state index contributed by atoms with van der Waals surface area (Å²) in [6.45, 7) is 5.70. The molecule has 4 nitrogen and oxygen atoms in total. The molecule has 2 heterocycles. The average Bonchev–Trinajstić information content (AvgIpc) is 3.59. The first-order valence-electron chi connectivity index (χ1n) is 16.9. The van der Waals surface area contributed by atoms with E-state index in [0.717, 1.165) is 52.8 Å². The number of hydrogen-bond donors (Lipinski definition) is 1. The van der Waals surface area contributed by atoms with Crippen molar-refractivity contribution >= 4 is 38.5 Å². The maximum absolute atomic E-state index is 11.2. The van der Waals surface area contributed by atoms with Crippen LogP contribution < -0.4 is 0 Å². The molecule has 0 amide bonds. The first kappa shape index (κ1) is 27.3. The maximum atomic E-state index is 11.2. The number of aryl methyl sites for hydroxylation is 1. The predicted octanol–water partition coefficient (Wildman–Crippen LogP) is 10.7. The minimum atomic E-state index is -2.31. The molecular formula is C38H42IrNO3-. The Morgan fingerprint density at radius 3 is 2.51 bits per heavy atom. The molecule has 1 aliphatic rings. The van der Waals surface area contributed by atoms with Gasteiger partial charge in [-0.25, -0.2) is 0 Å². The number of hydrogen-bond acceptors (Lipinski definition) is 4. The van der Waals surface area contributed by atoms with E-state index in [2.05, 4.69) is 17.1 Å². The van der Waals surface area contributed by atoms with Gasteiger partial charge in [-0.3, -0.25) is 4.79 Å². The number of aromatic nitrogens is 1. The van der Waals surface area contributed by atoms with Crippen molar-refractivity contribution in [3.63, 3.8) is 0 Å². The van der Waals surface area contributed by atoms with Gasteiger partial charge in [0.1, 0.15) is 5.58 Å². The third-order valence-electron chi connectivity index (χ3n) is 7.58. The molecule has 1 aliphatic carbocycles. The van der Waals surface area contributed by atoms with E-state index in [1.807, 2.05) is 70.2 Å². The zero-order valence-corrected chi connectivity index (χ0v) is 27.7. The van der Waals surface area contributed by atoms with Crippen LogP contribution in [0.1, 0.15) is 88.7 Å². The first-order chi connectivity index (χ1) is 21.7. The number of para-hydroxylation sites is 1. The zero-order chi connectivity index (χ0) is 33.2. The number of pyridine rings is 1. The molecule has 1 N–H and O–H groups in total. The van der Waals surface area contributed by atoms with Gasteiger partial charge in [-0.15, -0.1) is 17.7 Å². The van der Waals surface area contributed by atoms with Gasteiger partial charge in [0, 0.05) is 56.1 Å². The van der Waals surface area contributed by atoms with Crippen LogP contribution in [0.15, 0.2) is 77.0 Å². The van der Waals surface area contributed by atoms with Crippen molar-refractivity contribution in [2.45, 2.75) is 79.0 Å². The molecule has 1 saturated carbocycles. The molecule has 0 bridgehead atoms. The second-order valence-electron chi connectivity index (χ2n) is 12.1. The summed E-state index contributed by atoms with van der Waals surface area (Å²) in [6, 6.07) is 20.5. The van der Waals surface area contributed by atoms with Crippen molar-refractivity contribution < 1.29 is 39.9 Å². The van der Waals surface area contributed by atoms with Gasteiger partial charge in [-0.2, -0.15) is 0 Å². The molecule has 5 aromatic rings. The summed E-state index contributed by atoms with van der Waals surface area (Å²) >= 11 is 0. The number of ketones is 1. The van der Waals surface area contributed by atoms with Crippen LogP contribution in [0, 0.1) is 24.8 Å². The third-order valence-corrected chi connectivity index (χ3v) is 7.58. The summed E-state index contributed by atoms with van der Waals surface area (Å²) in [5.74, 6) is 0.448. The molecule has 0 saturated heterocycles. The molecule has 227 valence electrons. The summed E-state index contributed by atoms with van der Waals surface area (Å²) < 4.78 is 39.1. The van der Waals surface area contributed by atoms with Gasteiger partial charge in [-0.05, 0) is 64.7 Å². The van der Waals surface area contributed by atoms with Crippen LogP contribution in [0.5, 0.6) is 0 Å². The van der Waals surface area contributed by atoms with Crippen LogP contribution in [0.25, 0.3) is 44.0 Å². The second kappa shape index (κ2) is 14.5. The number of aliphatic hydroxyl groups is 1. The maximum Gasteiger partial charge on any atom is 0.159 e. The summed E-state index contributed by atoms with van der Waals surface area (Å²) in [6.07, 6.45) is 8.13. The average molecular weight is 757 g/mol. The topological polar surface area (TPSA) is 63.3 Å². The van der Waals surface area contributed by atoms with E-state index in [0.29, 0.717) is 47.1 Å². The van der Waals surface area contributed by atoms with Crippen LogP contribution in [-0.2, 0) is 24.9 Å². The molecule has 0 aliphatic heterocycles. The molecule has 0 atom stereocenters. The van der Waals surface area contributed by atoms with Crippen molar-refractivity contribution in [1.82, 2.24) is 4.98 Å². The number of nitrogens with zero attached hydrogens (tertiary/aromatic N) is 1. The predicted molar refractivity (Wildman–Crippen MR) is 174 cm³/mol. The number of aliphatic hydroxyl groups excluding tert-OH is 1. The molecule has 1 radical (unpaired) electrons. The van der Waals surface area contributed by atoms with E-state index in [-0.39, 0.29) is 37.2 Å². The Labute approximate surface area is 274 Å². The summed E-state index contributed by atoms with van der Waals surface area (Å²) in [4.78, 5) is 15.9. The number of allylic oxidation sites excluding steroid dienone is 2. The Bertz CT molecular complexity index is 1900. The number of benzene rings is 3. The van der Waals surface area contributed by atoms with Gasteiger partial charge < -0.3 is 14.5 Å². The summed E-state index contributed by atoms with van der Waals surface area (Å²) in [5.41, 5.74) is 3.64. The Morgan fingerprint density at radius 2 is 1.79 bits per heavy atom. The third kappa shape index (κ3) is 7.82. The smallest absolute Gasteiger partial charge is 0.159 e. The van der Waals surface area contributed by atoms with Gasteiger partial charge in [0.05, 0.1) is 11.3 Å². The van der Waals surface area contributed by atoms with E-state index in [9.17, 15) is 9.90 Å². The normalized spacial score (nSPS) is 16.4. The van der Waals surface area contributed by atoms with E-state index in [4.69, 9.17) is 9.90 Å². The SMILES string of the molecule is CC(C)CC(=O)/C=C(\O)CC(C)C.[2H]C([2H])([2H])c1[c-]c(-c2nccc3cc(C4([2H])CCCC4)ccc23)c2oc3ccccc3c2c1.[Ir]. The van der Waals surface area contributed by atoms with E-state index < -0.39 is 12.7 Å². The number of carbonyl (C=O) groups is 1. The Morgan fingerprint density at radius 1 is 1.05 bits per heavy atom. The first-order valence-corrected chi connectivity index (χ1v) is 14.9. The van der Waals surface area contributed by atoms with Crippen molar-refractivity contribution in [3.05, 3.63) is 89.8 Å². The standard InChI is InChI=1S/C27H22NO.C11H20O2.Ir/c1-17-14-23-22-8-4-5-9-25(22)29-27(23)24(15-17)26-21-11-10-19(18-6-2-3-7-18)16-20(21)12-13-28-26;1-8(2)5-10(12)7-11(13)6-9(3)4;/h4-5,8-14,16,18H,2-3,6-7H2,1H3;7-9,12H,5-6H2,1-4H3;/q-1;;/b;10-7-;/i1D3,18D;;. The fourth-order valence-corrected chi connectivity index (χ4v) is 5.74. The van der Waals surface area contributed by atoms with E-state index in [1.165, 1.54) is 6.08 Å². The molecule has 3 aromatic carbocycles. The van der Waals surface area contributed by atoms with Crippen molar-refractivity contribution in [3.8, 4) is 11.3 Å².